The lowest BCUT2D eigenvalue weighted by molar-refractivity contribution is -0.146. The van der Waals surface area contributed by atoms with Crippen LogP contribution in [0.1, 0.15) is 38.5 Å². The molecule has 1 atom stereocenters. The van der Waals surface area contributed by atoms with Crippen molar-refractivity contribution in [3.63, 3.8) is 0 Å². The van der Waals surface area contributed by atoms with Gasteiger partial charge in [0.25, 0.3) is 0 Å². The summed E-state index contributed by atoms with van der Waals surface area (Å²) >= 11 is 0. The van der Waals surface area contributed by atoms with E-state index < -0.39 is 0 Å². The van der Waals surface area contributed by atoms with E-state index in [2.05, 4.69) is 0 Å². The third-order valence-electron chi connectivity index (χ3n) is 4.07. The van der Waals surface area contributed by atoms with E-state index in [1.807, 2.05) is 0 Å². The highest BCUT2D eigenvalue weighted by molar-refractivity contribution is 5.86. The molecular weight excluding hydrogens is 260 g/mol. The quantitative estimate of drug-likeness (QED) is 0.706. The zero-order valence-electron chi connectivity index (χ0n) is 12.0. The molecule has 0 spiro atoms. The highest BCUT2D eigenvalue weighted by Gasteiger charge is 2.31. The van der Waals surface area contributed by atoms with Gasteiger partial charge in [0.15, 0.2) is 0 Å². The molecule has 112 valence electrons. The minimum Gasteiger partial charge on any atom is -0.469 e. The average Bonchev–Trinajstić information content (AvgIpc) is 2.84. The Hall–Kier alpha value is -1.59. The molecule has 2 saturated heterocycles. The van der Waals surface area contributed by atoms with Crippen molar-refractivity contribution >= 4 is 17.8 Å². The molecule has 0 aromatic heterocycles. The van der Waals surface area contributed by atoms with Gasteiger partial charge in [-0.3, -0.25) is 14.4 Å². The monoisotopic (exact) mass is 282 g/mol. The zero-order chi connectivity index (χ0) is 14.5. The Morgan fingerprint density at radius 3 is 2.70 bits per heavy atom. The summed E-state index contributed by atoms with van der Waals surface area (Å²) in [6, 6.07) is -0.0820. The van der Waals surface area contributed by atoms with Crippen molar-refractivity contribution in [2.75, 3.05) is 26.7 Å². The minimum atomic E-state index is -0.285. The molecule has 2 heterocycles. The number of likely N-dealkylation sites (tertiary alicyclic amines) is 2. The Bertz CT molecular complexity index is 397. The van der Waals surface area contributed by atoms with Gasteiger partial charge in [0.1, 0.15) is 0 Å². The molecule has 20 heavy (non-hydrogen) atoms. The van der Waals surface area contributed by atoms with Gasteiger partial charge in [0, 0.05) is 25.6 Å². The lowest BCUT2D eigenvalue weighted by Crippen LogP contribution is -2.49. The molecule has 0 aromatic rings. The van der Waals surface area contributed by atoms with Crippen molar-refractivity contribution in [3.05, 3.63) is 0 Å². The number of nitrogens with zero attached hydrogens (tertiary/aromatic N) is 2. The van der Waals surface area contributed by atoms with Crippen LogP contribution in [0.15, 0.2) is 0 Å². The lowest BCUT2D eigenvalue weighted by Gasteiger charge is -2.36. The number of rotatable bonds is 4. The van der Waals surface area contributed by atoms with Crippen LogP contribution < -0.4 is 0 Å². The second-order valence-corrected chi connectivity index (χ2v) is 5.44. The van der Waals surface area contributed by atoms with Gasteiger partial charge in [-0.05, 0) is 25.7 Å². The van der Waals surface area contributed by atoms with Crippen LogP contribution in [0.2, 0.25) is 0 Å². The fourth-order valence-corrected chi connectivity index (χ4v) is 2.94. The van der Waals surface area contributed by atoms with E-state index in [1.54, 1.807) is 9.80 Å². The molecule has 1 unspecified atom stereocenters. The van der Waals surface area contributed by atoms with Crippen molar-refractivity contribution in [3.8, 4) is 0 Å². The molecule has 0 saturated carbocycles. The number of amides is 2. The molecule has 2 aliphatic heterocycles. The minimum absolute atomic E-state index is 0.0474. The van der Waals surface area contributed by atoms with Gasteiger partial charge in [-0.2, -0.15) is 0 Å². The van der Waals surface area contributed by atoms with Crippen LogP contribution in [-0.4, -0.2) is 60.4 Å². The Kier molecular flexibility index (Phi) is 4.98. The maximum Gasteiger partial charge on any atom is 0.307 e. The maximum absolute atomic E-state index is 12.4. The molecule has 0 radical (unpaired) electrons. The molecule has 0 bridgehead atoms. The summed E-state index contributed by atoms with van der Waals surface area (Å²) in [6.45, 7) is 1.49. The van der Waals surface area contributed by atoms with Gasteiger partial charge in [-0.25, -0.2) is 0 Å². The molecule has 0 aromatic carbocycles. The molecular formula is C14H22N2O4. The highest BCUT2D eigenvalue weighted by atomic mass is 16.5. The number of esters is 1. The fourth-order valence-electron chi connectivity index (χ4n) is 2.94. The Balaban J connectivity index is 1.94. The summed E-state index contributed by atoms with van der Waals surface area (Å²) in [5.74, 6) is -0.277. The first-order valence-corrected chi connectivity index (χ1v) is 7.26. The first-order chi connectivity index (χ1) is 9.61. The molecule has 2 fully saturated rings. The molecule has 6 nitrogen and oxygen atoms in total. The lowest BCUT2D eigenvalue weighted by atomic mass is 9.99. The van der Waals surface area contributed by atoms with Crippen LogP contribution in [0.25, 0.3) is 0 Å². The second kappa shape index (κ2) is 6.72. The molecule has 6 heteroatoms. The van der Waals surface area contributed by atoms with E-state index in [1.165, 1.54) is 7.11 Å². The molecule has 2 rings (SSSR count). The predicted octanol–water partition coefficient (Wildman–Crippen LogP) is 0.553. The first-order valence-electron chi connectivity index (χ1n) is 7.26. The van der Waals surface area contributed by atoms with E-state index in [9.17, 15) is 14.4 Å². The second-order valence-electron chi connectivity index (χ2n) is 5.44. The van der Waals surface area contributed by atoms with Gasteiger partial charge in [0.05, 0.1) is 20.1 Å². The summed E-state index contributed by atoms with van der Waals surface area (Å²) in [5.41, 5.74) is 0. The average molecular weight is 282 g/mol. The summed E-state index contributed by atoms with van der Waals surface area (Å²) < 4.78 is 4.69. The van der Waals surface area contributed by atoms with Gasteiger partial charge < -0.3 is 14.5 Å². The predicted molar refractivity (Wildman–Crippen MR) is 71.8 cm³/mol. The van der Waals surface area contributed by atoms with Crippen LogP contribution in [0, 0.1) is 0 Å². The Morgan fingerprint density at radius 2 is 2.05 bits per heavy atom. The number of hydrogen-bond donors (Lipinski definition) is 0. The Labute approximate surface area is 119 Å². The van der Waals surface area contributed by atoms with E-state index in [0.29, 0.717) is 19.5 Å². The number of carbonyl (C=O) groups is 3. The van der Waals surface area contributed by atoms with Crippen LogP contribution in [0.4, 0.5) is 0 Å². The van der Waals surface area contributed by atoms with Gasteiger partial charge >= 0.3 is 5.97 Å². The van der Waals surface area contributed by atoms with Crippen LogP contribution in [0.3, 0.4) is 0 Å². The summed E-state index contributed by atoms with van der Waals surface area (Å²) in [7, 11) is 1.36. The third-order valence-corrected chi connectivity index (χ3v) is 4.07. The Morgan fingerprint density at radius 1 is 1.25 bits per heavy atom. The van der Waals surface area contributed by atoms with E-state index in [4.69, 9.17) is 4.74 Å². The highest BCUT2D eigenvalue weighted by Crippen LogP contribution is 2.21. The number of carbonyl (C=O) groups excluding carboxylic acids is 3. The van der Waals surface area contributed by atoms with Gasteiger partial charge in [-0.15, -0.1) is 0 Å². The summed E-state index contributed by atoms with van der Waals surface area (Å²) in [5, 5.41) is 0. The number of hydrogen-bond acceptors (Lipinski definition) is 4. The van der Waals surface area contributed by atoms with Crippen molar-refractivity contribution in [2.45, 2.75) is 44.6 Å². The number of piperidine rings is 1. The SMILES string of the molecule is COC(=O)CC1CCCCN1C(=O)CN1CCCC1=O. The topological polar surface area (TPSA) is 66.9 Å². The molecule has 2 amide bonds. The van der Waals surface area contributed by atoms with Crippen LogP contribution >= 0.6 is 0 Å². The standard InChI is InChI=1S/C14H22N2O4/c1-20-14(19)9-11-5-2-3-8-16(11)13(18)10-15-7-4-6-12(15)17/h11H,2-10H2,1H3. The normalized spacial score (nSPS) is 23.1. The van der Waals surface area contributed by atoms with Crippen molar-refractivity contribution in [1.82, 2.24) is 9.80 Å². The van der Waals surface area contributed by atoms with E-state index in [-0.39, 0.29) is 36.8 Å². The maximum atomic E-state index is 12.4. The molecule has 0 N–H and O–H groups in total. The van der Waals surface area contributed by atoms with Crippen molar-refractivity contribution in [2.24, 2.45) is 0 Å². The largest absolute Gasteiger partial charge is 0.469 e. The summed E-state index contributed by atoms with van der Waals surface area (Å²) in [4.78, 5) is 38.7. The van der Waals surface area contributed by atoms with Crippen LogP contribution in [-0.2, 0) is 19.1 Å². The molecule has 0 aliphatic carbocycles. The van der Waals surface area contributed by atoms with Crippen LogP contribution in [0.5, 0.6) is 0 Å². The zero-order valence-corrected chi connectivity index (χ0v) is 12.0. The van der Waals surface area contributed by atoms with Gasteiger partial charge in [-0.1, -0.05) is 0 Å². The molecule has 2 aliphatic rings. The van der Waals surface area contributed by atoms with E-state index >= 15 is 0 Å². The first kappa shape index (κ1) is 14.8. The smallest absolute Gasteiger partial charge is 0.307 e. The van der Waals surface area contributed by atoms with E-state index in [0.717, 1.165) is 25.7 Å². The van der Waals surface area contributed by atoms with Gasteiger partial charge in [0.2, 0.25) is 11.8 Å². The number of methoxy groups -OCH3 is 1. The fraction of sp³-hybridized carbons (Fsp3) is 0.786. The van der Waals surface area contributed by atoms with Crippen molar-refractivity contribution in [1.29, 1.82) is 0 Å². The number of ether oxygens (including phenoxy) is 1. The summed E-state index contributed by atoms with van der Waals surface area (Å²) in [6.07, 6.45) is 4.42. The third kappa shape index (κ3) is 3.49. The van der Waals surface area contributed by atoms with Crippen molar-refractivity contribution < 1.29 is 19.1 Å².